The molecule has 0 bridgehead atoms. The van der Waals surface area contributed by atoms with Gasteiger partial charge in [-0.1, -0.05) is 28.1 Å². The van der Waals surface area contributed by atoms with Crippen LogP contribution in [0.3, 0.4) is 0 Å². The fraction of sp³-hybridized carbons (Fsp3) is 0.133. The molecule has 6 heteroatoms. The maximum absolute atomic E-state index is 13.4. The van der Waals surface area contributed by atoms with E-state index in [9.17, 15) is 13.6 Å². The molecule has 0 saturated heterocycles. The van der Waals surface area contributed by atoms with Crippen LogP contribution in [0.1, 0.15) is 5.56 Å². The molecule has 2 aromatic rings. The summed E-state index contributed by atoms with van der Waals surface area (Å²) in [5.74, 6) is -0.753. The highest BCUT2D eigenvalue weighted by Gasteiger charge is 2.08. The Morgan fingerprint density at radius 2 is 1.86 bits per heavy atom. The minimum atomic E-state index is -0.650. The first kappa shape index (κ1) is 16.0. The van der Waals surface area contributed by atoms with Crippen molar-refractivity contribution >= 4 is 39.3 Å². The molecule has 0 radical (unpaired) electrons. The van der Waals surface area contributed by atoms with Crippen LogP contribution in [0, 0.1) is 11.6 Å². The van der Waals surface area contributed by atoms with Crippen molar-refractivity contribution in [3.63, 3.8) is 0 Å². The van der Waals surface area contributed by atoms with Crippen molar-refractivity contribution in [1.82, 2.24) is 0 Å². The number of halogens is 3. The van der Waals surface area contributed by atoms with Crippen molar-refractivity contribution in [3.8, 4) is 0 Å². The third-order valence-electron chi connectivity index (χ3n) is 2.62. The highest BCUT2D eigenvalue weighted by molar-refractivity contribution is 9.10. The minimum absolute atomic E-state index is 0.135. The van der Waals surface area contributed by atoms with Gasteiger partial charge in [0.25, 0.3) is 0 Å². The Bertz CT molecular complexity index is 634. The smallest absolute Gasteiger partial charge is 0.234 e. The lowest BCUT2D eigenvalue weighted by atomic mass is 10.2. The van der Waals surface area contributed by atoms with Gasteiger partial charge in [-0.2, -0.15) is 0 Å². The molecule has 0 aliphatic carbocycles. The number of amides is 1. The molecule has 0 unspecified atom stereocenters. The normalized spacial score (nSPS) is 10.4. The number of rotatable bonds is 5. The maximum atomic E-state index is 13.4. The van der Waals surface area contributed by atoms with Gasteiger partial charge in [0.1, 0.15) is 11.6 Å². The van der Waals surface area contributed by atoms with Crippen molar-refractivity contribution in [2.45, 2.75) is 5.75 Å². The fourth-order valence-electron chi connectivity index (χ4n) is 1.62. The topological polar surface area (TPSA) is 29.1 Å². The van der Waals surface area contributed by atoms with Crippen LogP contribution in [0.25, 0.3) is 0 Å². The van der Waals surface area contributed by atoms with E-state index in [-0.39, 0.29) is 17.3 Å². The van der Waals surface area contributed by atoms with Gasteiger partial charge >= 0.3 is 0 Å². The Balaban J connectivity index is 1.82. The second-order valence-electron chi connectivity index (χ2n) is 4.29. The van der Waals surface area contributed by atoms with Gasteiger partial charge in [-0.3, -0.25) is 4.79 Å². The van der Waals surface area contributed by atoms with Gasteiger partial charge in [-0.25, -0.2) is 8.78 Å². The molecule has 110 valence electrons. The van der Waals surface area contributed by atoms with Crippen molar-refractivity contribution < 1.29 is 13.6 Å². The van der Waals surface area contributed by atoms with Gasteiger partial charge in [0, 0.05) is 16.3 Å². The lowest BCUT2D eigenvalue weighted by molar-refractivity contribution is -0.113. The number of anilines is 1. The second-order valence-corrected chi connectivity index (χ2v) is 6.19. The summed E-state index contributed by atoms with van der Waals surface area (Å²) in [6.45, 7) is 0. The average Bonchev–Trinajstić information content (AvgIpc) is 2.45. The predicted octanol–water partition coefficient (Wildman–Crippen LogP) is 4.60. The van der Waals surface area contributed by atoms with Crippen LogP contribution in [0.15, 0.2) is 46.9 Å². The van der Waals surface area contributed by atoms with E-state index < -0.39 is 11.6 Å². The molecule has 0 saturated carbocycles. The monoisotopic (exact) mass is 371 g/mol. The van der Waals surface area contributed by atoms with Crippen molar-refractivity contribution in [1.29, 1.82) is 0 Å². The molecule has 0 aliphatic heterocycles. The van der Waals surface area contributed by atoms with E-state index in [0.29, 0.717) is 5.75 Å². The molecule has 21 heavy (non-hydrogen) atoms. The molecule has 2 rings (SSSR count). The Morgan fingerprint density at radius 3 is 2.57 bits per heavy atom. The Hall–Kier alpha value is -1.40. The van der Waals surface area contributed by atoms with E-state index in [4.69, 9.17) is 0 Å². The highest BCUT2D eigenvalue weighted by atomic mass is 79.9. The summed E-state index contributed by atoms with van der Waals surface area (Å²) >= 11 is 4.76. The molecule has 1 N–H and O–H groups in total. The van der Waals surface area contributed by atoms with E-state index in [1.54, 1.807) is 0 Å². The Kier molecular flexibility index (Phi) is 5.76. The first-order valence-electron chi connectivity index (χ1n) is 6.11. The van der Waals surface area contributed by atoms with E-state index in [1.807, 2.05) is 24.3 Å². The van der Waals surface area contributed by atoms with Crippen LogP contribution in [-0.4, -0.2) is 11.7 Å². The van der Waals surface area contributed by atoms with Crippen molar-refractivity contribution in [3.05, 3.63) is 64.1 Å². The van der Waals surface area contributed by atoms with Crippen LogP contribution in [-0.2, 0) is 10.5 Å². The number of carbonyl (C=O) groups excluding carboxylic acids is 1. The lowest BCUT2D eigenvalue weighted by Crippen LogP contribution is -2.15. The van der Waals surface area contributed by atoms with Crippen molar-refractivity contribution in [2.75, 3.05) is 11.1 Å². The van der Waals surface area contributed by atoms with E-state index in [2.05, 4.69) is 21.2 Å². The second kappa shape index (κ2) is 7.56. The predicted molar refractivity (Wildman–Crippen MR) is 85.3 cm³/mol. The molecular formula is C15H12BrF2NOS. The quantitative estimate of drug-likeness (QED) is 0.831. The molecule has 2 aromatic carbocycles. The standard InChI is InChI=1S/C15H12BrF2NOS/c16-11-3-1-10(2-4-11)8-21-9-15(20)19-14-7-12(17)5-6-13(14)18/h1-7H,8-9H2,(H,19,20). The lowest BCUT2D eigenvalue weighted by Gasteiger charge is -2.06. The van der Waals surface area contributed by atoms with E-state index >= 15 is 0 Å². The van der Waals surface area contributed by atoms with Gasteiger partial charge in [0.15, 0.2) is 0 Å². The van der Waals surface area contributed by atoms with Crippen LogP contribution >= 0.6 is 27.7 Å². The summed E-state index contributed by atoms with van der Waals surface area (Å²) in [4.78, 5) is 11.7. The van der Waals surface area contributed by atoms with Gasteiger partial charge in [-0.15, -0.1) is 11.8 Å². The third-order valence-corrected chi connectivity index (χ3v) is 4.15. The molecule has 0 aliphatic rings. The number of nitrogens with one attached hydrogen (secondary N) is 1. The minimum Gasteiger partial charge on any atom is -0.323 e. The van der Waals surface area contributed by atoms with Crippen LogP contribution in [0.5, 0.6) is 0 Å². The first-order chi connectivity index (χ1) is 10.0. The van der Waals surface area contributed by atoms with E-state index in [1.165, 1.54) is 11.8 Å². The highest BCUT2D eigenvalue weighted by Crippen LogP contribution is 2.18. The van der Waals surface area contributed by atoms with Gasteiger partial charge < -0.3 is 5.32 Å². The number of thioether (sulfide) groups is 1. The molecule has 0 aromatic heterocycles. The summed E-state index contributed by atoms with van der Waals surface area (Å²) < 4.78 is 27.3. The van der Waals surface area contributed by atoms with Gasteiger partial charge in [0.2, 0.25) is 5.91 Å². The largest absolute Gasteiger partial charge is 0.323 e. The summed E-state index contributed by atoms with van der Waals surface area (Å²) in [5, 5.41) is 2.36. The summed E-state index contributed by atoms with van der Waals surface area (Å²) in [7, 11) is 0. The SMILES string of the molecule is O=C(CSCc1ccc(Br)cc1)Nc1cc(F)ccc1F. The Labute approximate surface area is 134 Å². The zero-order chi connectivity index (χ0) is 15.2. The maximum Gasteiger partial charge on any atom is 0.234 e. The third kappa shape index (κ3) is 5.13. The van der Waals surface area contributed by atoms with Crippen LogP contribution in [0.4, 0.5) is 14.5 Å². The zero-order valence-corrected chi connectivity index (χ0v) is 13.3. The summed E-state index contributed by atoms with van der Waals surface area (Å²) in [6, 6.07) is 10.7. The molecule has 0 spiro atoms. The Morgan fingerprint density at radius 1 is 1.14 bits per heavy atom. The molecule has 0 fully saturated rings. The number of benzene rings is 2. The van der Waals surface area contributed by atoms with Crippen LogP contribution in [0.2, 0.25) is 0 Å². The van der Waals surface area contributed by atoms with Gasteiger partial charge in [-0.05, 0) is 29.8 Å². The molecule has 2 nitrogen and oxygen atoms in total. The van der Waals surface area contributed by atoms with Crippen LogP contribution < -0.4 is 5.32 Å². The average molecular weight is 372 g/mol. The molecular weight excluding hydrogens is 360 g/mol. The summed E-state index contributed by atoms with van der Waals surface area (Å²) in [6.07, 6.45) is 0. The van der Waals surface area contributed by atoms with E-state index in [0.717, 1.165) is 28.2 Å². The number of hydrogen-bond donors (Lipinski definition) is 1. The fourth-order valence-corrected chi connectivity index (χ4v) is 2.67. The first-order valence-corrected chi connectivity index (χ1v) is 8.06. The van der Waals surface area contributed by atoms with Gasteiger partial charge in [0.05, 0.1) is 11.4 Å². The van der Waals surface area contributed by atoms with Crippen molar-refractivity contribution in [2.24, 2.45) is 0 Å². The summed E-state index contributed by atoms with van der Waals surface area (Å²) in [5.41, 5.74) is 0.956. The molecule has 0 heterocycles. The number of carbonyl (C=O) groups is 1. The molecule has 0 atom stereocenters. The number of hydrogen-bond acceptors (Lipinski definition) is 2. The molecule has 1 amide bonds. The zero-order valence-electron chi connectivity index (χ0n) is 10.9.